The van der Waals surface area contributed by atoms with Crippen LogP contribution in [-0.2, 0) is 0 Å². The number of nitro benzene ring substituents is 1. The standard InChI is InChI=1S/C23H12BrClN4O4/c24-15-6-8-20-14(9-15)10-21(33-20)22-27-19-4-2-1-3-17(19)23(30)28(22)26-12-13-5-7-16(29(31)32)11-18(13)25/h1-12H. The van der Waals surface area contributed by atoms with Crippen LogP contribution in [0.5, 0.6) is 0 Å². The van der Waals surface area contributed by atoms with Gasteiger partial charge in [-0.1, -0.05) is 39.7 Å². The Bertz CT molecular complexity index is 1660. The maximum absolute atomic E-state index is 13.3. The Kier molecular flexibility index (Phi) is 5.27. The second kappa shape index (κ2) is 8.27. The van der Waals surface area contributed by atoms with E-state index in [-0.39, 0.29) is 16.5 Å². The van der Waals surface area contributed by atoms with Crippen molar-refractivity contribution < 1.29 is 9.34 Å². The van der Waals surface area contributed by atoms with E-state index in [2.05, 4.69) is 26.0 Å². The molecule has 0 aliphatic heterocycles. The van der Waals surface area contributed by atoms with E-state index in [4.69, 9.17) is 16.0 Å². The molecule has 10 heteroatoms. The number of halogens is 2. The second-order valence-corrected chi connectivity index (χ2v) is 8.39. The Morgan fingerprint density at radius 1 is 1.12 bits per heavy atom. The lowest BCUT2D eigenvalue weighted by molar-refractivity contribution is -0.384. The molecule has 3 aromatic carbocycles. The lowest BCUT2D eigenvalue weighted by atomic mass is 10.2. The summed E-state index contributed by atoms with van der Waals surface area (Å²) in [5.74, 6) is 0.568. The monoisotopic (exact) mass is 522 g/mol. The number of furan rings is 1. The summed E-state index contributed by atoms with van der Waals surface area (Å²) in [7, 11) is 0. The number of benzene rings is 3. The van der Waals surface area contributed by atoms with Crippen molar-refractivity contribution in [3.8, 4) is 11.6 Å². The number of hydrogen-bond donors (Lipinski definition) is 0. The maximum Gasteiger partial charge on any atom is 0.282 e. The third kappa shape index (κ3) is 3.92. The van der Waals surface area contributed by atoms with Crippen LogP contribution < -0.4 is 5.56 Å². The number of non-ortho nitro benzene ring substituents is 1. The molecular weight excluding hydrogens is 512 g/mol. The smallest absolute Gasteiger partial charge is 0.282 e. The van der Waals surface area contributed by atoms with Gasteiger partial charge in [0.25, 0.3) is 11.2 Å². The van der Waals surface area contributed by atoms with Crippen LogP contribution in [0, 0.1) is 10.1 Å². The fourth-order valence-corrected chi connectivity index (χ4v) is 3.97. The van der Waals surface area contributed by atoms with Gasteiger partial charge in [0.05, 0.1) is 27.1 Å². The van der Waals surface area contributed by atoms with Gasteiger partial charge in [0.2, 0.25) is 5.82 Å². The average Bonchev–Trinajstić information content (AvgIpc) is 3.22. The number of rotatable bonds is 4. The molecule has 0 amide bonds. The summed E-state index contributed by atoms with van der Waals surface area (Å²) in [5, 5.41) is 16.6. The number of hydrogen-bond acceptors (Lipinski definition) is 6. The van der Waals surface area contributed by atoms with E-state index in [0.29, 0.717) is 27.8 Å². The number of fused-ring (bicyclic) bond motifs is 2. The van der Waals surface area contributed by atoms with Gasteiger partial charge < -0.3 is 4.42 Å². The Hall–Kier alpha value is -3.82. The molecule has 0 fully saturated rings. The first-order valence-corrected chi connectivity index (χ1v) is 10.8. The Balaban J connectivity index is 1.70. The molecule has 0 aliphatic carbocycles. The summed E-state index contributed by atoms with van der Waals surface area (Å²) in [6.07, 6.45) is 1.35. The van der Waals surface area contributed by atoms with E-state index in [9.17, 15) is 14.9 Å². The summed E-state index contributed by atoms with van der Waals surface area (Å²) < 4.78 is 7.97. The zero-order chi connectivity index (χ0) is 23.1. The minimum absolute atomic E-state index is 0.130. The van der Waals surface area contributed by atoms with E-state index in [1.54, 1.807) is 30.3 Å². The van der Waals surface area contributed by atoms with Gasteiger partial charge in [-0.25, -0.2) is 4.98 Å². The van der Waals surface area contributed by atoms with Crippen molar-refractivity contribution in [2.75, 3.05) is 0 Å². The molecule has 0 saturated carbocycles. The summed E-state index contributed by atoms with van der Waals surface area (Å²) in [6, 6.07) is 18.3. The molecule has 33 heavy (non-hydrogen) atoms. The first kappa shape index (κ1) is 21.0. The first-order valence-electron chi connectivity index (χ1n) is 9.60. The number of nitro groups is 1. The molecule has 2 heterocycles. The second-order valence-electron chi connectivity index (χ2n) is 7.07. The fraction of sp³-hybridized carbons (Fsp3) is 0. The highest BCUT2D eigenvalue weighted by atomic mass is 79.9. The van der Waals surface area contributed by atoms with Gasteiger partial charge in [0.15, 0.2) is 5.76 Å². The molecular formula is C23H12BrClN4O4. The van der Waals surface area contributed by atoms with E-state index in [1.165, 1.54) is 24.4 Å². The van der Waals surface area contributed by atoms with Gasteiger partial charge in [-0.2, -0.15) is 9.78 Å². The van der Waals surface area contributed by atoms with Crippen molar-refractivity contribution in [3.63, 3.8) is 0 Å². The lowest BCUT2D eigenvalue weighted by Gasteiger charge is -2.07. The van der Waals surface area contributed by atoms with Gasteiger partial charge in [0.1, 0.15) is 5.58 Å². The van der Waals surface area contributed by atoms with Crippen LogP contribution in [-0.4, -0.2) is 20.8 Å². The summed E-state index contributed by atoms with van der Waals surface area (Å²) in [6.45, 7) is 0. The SMILES string of the molecule is O=c1c2ccccc2nc(-c2cc3cc(Br)ccc3o2)n1N=Cc1ccc([N+](=O)[O-])cc1Cl. The Morgan fingerprint density at radius 3 is 2.73 bits per heavy atom. The Morgan fingerprint density at radius 2 is 1.94 bits per heavy atom. The van der Waals surface area contributed by atoms with Gasteiger partial charge in [-0.05, 0) is 42.5 Å². The molecule has 0 unspecified atom stereocenters. The summed E-state index contributed by atoms with van der Waals surface area (Å²) >= 11 is 9.62. The van der Waals surface area contributed by atoms with Crippen LogP contribution >= 0.6 is 27.5 Å². The zero-order valence-electron chi connectivity index (χ0n) is 16.6. The fourth-order valence-electron chi connectivity index (χ4n) is 3.37. The van der Waals surface area contributed by atoms with Crippen molar-refractivity contribution in [2.45, 2.75) is 0 Å². The molecule has 0 spiro atoms. The van der Waals surface area contributed by atoms with Crippen molar-refractivity contribution in [1.29, 1.82) is 0 Å². The summed E-state index contributed by atoms with van der Waals surface area (Å²) in [4.78, 5) is 28.3. The third-order valence-electron chi connectivity index (χ3n) is 4.96. The lowest BCUT2D eigenvalue weighted by Crippen LogP contribution is -2.20. The average molecular weight is 524 g/mol. The molecule has 162 valence electrons. The minimum atomic E-state index is -0.539. The molecule has 0 aliphatic rings. The van der Waals surface area contributed by atoms with Crippen LogP contribution in [0.3, 0.4) is 0 Å². The van der Waals surface area contributed by atoms with Gasteiger partial charge >= 0.3 is 0 Å². The van der Waals surface area contributed by atoms with Crippen LogP contribution in [0.15, 0.2) is 85.5 Å². The molecule has 5 aromatic rings. The molecule has 5 rings (SSSR count). The molecule has 0 saturated heterocycles. The van der Waals surface area contributed by atoms with Crippen molar-refractivity contribution in [3.05, 3.63) is 102 Å². The number of para-hydroxylation sites is 1. The highest BCUT2D eigenvalue weighted by molar-refractivity contribution is 9.10. The van der Waals surface area contributed by atoms with Gasteiger partial charge in [0, 0.05) is 27.6 Å². The number of nitrogens with zero attached hydrogens (tertiary/aromatic N) is 4. The summed E-state index contributed by atoms with van der Waals surface area (Å²) in [5.41, 5.74) is 0.993. The van der Waals surface area contributed by atoms with Crippen molar-refractivity contribution >= 4 is 61.3 Å². The number of aromatic nitrogens is 2. The minimum Gasteiger partial charge on any atom is -0.453 e. The predicted octanol–water partition coefficient (Wildman–Crippen LogP) is 6.02. The van der Waals surface area contributed by atoms with Gasteiger partial charge in [-0.3, -0.25) is 14.9 Å². The maximum atomic E-state index is 13.3. The normalized spacial score (nSPS) is 11.6. The van der Waals surface area contributed by atoms with E-state index < -0.39 is 10.5 Å². The van der Waals surface area contributed by atoms with Crippen LogP contribution in [0.4, 0.5) is 5.69 Å². The predicted molar refractivity (Wildman–Crippen MR) is 130 cm³/mol. The molecule has 0 radical (unpaired) electrons. The zero-order valence-corrected chi connectivity index (χ0v) is 18.9. The van der Waals surface area contributed by atoms with Crippen molar-refractivity contribution in [1.82, 2.24) is 9.66 Å². The highest BCUT2D eigenvalue weighted by Crippen LogP contribution is 2.29. The van der Waals surface area contributed by atoms with Crippen LogP contribution in [0.1, 0.15) is 5.56 Å². The molecule has 0 atom stereocenters. The molecule has 0 bridgehead atoms. The quantitative estimate of drug-likeness (QED) is 0.163. The Labute approximate surface area is 199 Å². The van der Waals surface area contributed by atoms with Gasteiger partial charge in [-0.15, -0.1) is 0 Å². The largest absolute Gasteiger partial charge is 0.453 e. The third-order valence-corrected chi connectivity index (χ3v) is 5.78. The van der Waals surface area contributed by atoms with Crippen molar-refractivity contribution in [2.24, 2.45) is 5.10 Å². The van der Waals surface area contributed by atoms with E-state index >= 15 is 0 Å². The van der Waals surface area contributed by atoms with E-state index in [0.717, 1.165) is 14.5 Å². The topological polar surface area (TPSA) is 104 Å². The molecule has 0 N–H and O–H groups in total. The van der Waals surface area contributed by atoms with E-state index in [1.807, 2.05) is 18.2 Å². The first-order chi connectivity index (χ1) is 15.9. The molecule has 8 nitrogen and oxygen atoms in total. The highest BCUT2D eigenvalue weighted by Gasteiger charge is 2.17. The molecule has 2 aromatic heterocycles. The van der Waals surface area contributed by atoms with Crippen LogP contribution in [0.2, 0.25) is 5.02 Å². The van der Waals surface area contributed by atoms with Crippen LogP contribution in [0.25, 0.3) is 33.5 Å².